The number of rotatable bonds is 7. The maximum absolute atomic E-state index is 13.2. The van der Waals surface area contributed by atoms with Crippen LogP contribution in [0.3, 0.4) is 0 Å². The Hall–Kier alpha value is -3.38. The van der Waals surface area contributed by atoms with Crippen molar-refractivity contribution in [3.05, 3.63) is 30.4 Å². The minimum Gasteiger partial charge on any atom is -0.378 e. The molecule has 2 N–H and O–H groups in total. The van der Waals surface area contributed by atoms with Crippen LogP contribution in [0.4, 0.5) is 20.5 Å². The lowest BCUT2D eigenvalue weighted by Crippen LogP contribution is -2.53. The first kappa shape index (κ1) is 23.0. The lowest BCUT2D eigenvalue weighted by molar-refractivity contribution is -0.0705. The van der Waals surface area contributed by atoms with Gasteiger partial charge in [-0.05, 0) is 31.9 Å². The fraction of sp³-hybridized carbons (Fsp3) is 0.500. The summed E-state index contributed by atoms with van der Waals surface area (Å²) in [5.74, 6) is 1.76. The van der Waals surface area contributed by atoms with Gasteiger partial charge in [-0.3, -0.25) is 4.90 Å². The van der Waals surface area contributed by atoms with Gasteiger partial charge in [0.25, 0.3) is 6.43 Å². The second-order valence-corrected chi connectivity index (χ2v) is 9.43. The quantitative estimate of drug-likeness (QED) is 0.402. The molecule has 0 amide bonds. The Kier molecular flexibility index (Phi) is 5.92. The van der Waals surface area contributed by atoms with Crippen LogP contribution < -0.4 is 10.6 Å². The van der Waals surface area contributed by atoms with E-state index < -0.39 is 13.0 Å². The van der Waals surface area contributed by atoms with Crippen molar-refractivity contribution < 1.29 is 13.5 Å². The first-order chi connectivity index (χ1) is 17.5. The fourth-order valence-corrected chi connectivity index (χ4v) is 5.15. The van der Waals surface area contributed by atoms with Crippen LogP contribution in [0, 0.1) is 6.92 Å². The zero-order chi connectivity index (χ0) is 24.8. The van der Waals surface area contributed by atoms with Crippen LogP contribution in [0.2, 0.25) is 0 Å². The molecule has 10 nitrogen and oxygen atoms in total. The Bertz CT molecular complexity index is 1390. The molecule has 0 spiro atoms. The summed E-state index contributed by atoms with van der Waals surface area (Å²) in [4.78, 5) is 16.0. The minimum absolute atomic E-state index is 0.310. The predicted octanol–water partition coefficient (Wildman–Crippen LogP) is 3.03. The van der Waals surface area contributed by atoms with Gasteiger partial charge < -0.3 is 19.9 Å². The van der Waals surface area contributed by atoms with Crippen molar-refractivity contribution in [2.75, 3.05) is 44.0 Å². The monoisotopic (exact) mass is 497 g/mol. The van der Waals surface area contributed by atoms with Gasteiger partial charge in [0.1, 0.15) is 11.3 Å². The highest BCUT2D eigenvalue weighted by atomic mass is 19.3. The molecule has 2 aliphatic heterocycles. The molecule has 0 bridgehead atoms. The van der Waals surface area contributed by atoms with E-state index in [-0.39, 0.29) is 0 Å². The van der Waals surface area contributed by atoms with Gasteiger partial charge in [0.05, 0.1) is 31.3 Å². The lowest BCUT2D eigenvalue weighted by Gasteiger charge is -2.41. The molecule has 0 atom stereocenters. The topological polar surface area (TPSA) is 97.4 Å². The highest BCUT2D eigenvalue weighted by Crippen LogP contribution is 2.32. The molecule has 2 aliphatic rings. The minimum atomic E-state index is -2.48. The number of alkyl halides is 2. The van der Waals surface area contributed by atoms with Crippen LogP contribution in [0.25, 0.3) is 27.8 Å². The van der Waals surface area contributed by atoms with Gasteiger partial charge in [0.15, 0.2) is 11.5 Å². The van der Waals surface area contributed by atoms with Crippen molar-refractivity contribution in [1.82, 2.24) is 34.0 Å². The van der Waals surface area contributed by atoms with Crippen LogP contribution in [0.15, 0.2) is 24.5 Å². The fourth-order valence-electron chi connectivity index (χ4n) is 5.15. The summed E-state index contributed by atoms with van der Waals surface area (Å²) < 4.78 is 34.9. The number of hydrogen-bond acceptors (Lipinski definition) is 8. The molecule has 2 saturated heterocycles. The highest BCUT2D eigenvalue weighted by Gasteiger charge is 2.30. The Balaban J connectivity index is 1.28. The van der Waals surface area contributed by atoms with Crippen LogP contribution in [-0.4, -0.2) is 85.9 Å². The van der Waals surface area contributed by atoms with Crippen LogP contribution >= 0.6 is 0 Å². The second kappa shape index (κ2) is 9.25. The lowest BCUT2D eigenvalue weighted by atomic mass is 10.0. The number of anilines is 2. The van der Waals surface area contributed by atoms with Gasteiger partial charge in [0, 0.05) is 49.7 Å². The Morgan fingerprint density at radius 2 is 2.00 bits per heavy atom. The van der Waals surface area contributed by atoms with Gasteiger partial charge in [-0.15, -0.1) is 5.10 Å². The molecule has 4 aromatic rings. The number of aryl methyl sites for hydroxylation is 1. The molecular weight excluding hydrogens is 468 g/mol. The van der Waals surface area contributed by atoms with Gasteiger partial charge in [-0.2, -0.15) is 4.98 Å². The average Bonchev–Trinajstić information content (AvgIpc) is 3.39. The molecule has 2 fully saturated rings. The van der Waals surface area contributed by atoms with Crippen LogP contribution in [0.1, 0.15) is 18.7 Å². The second-order valence-electron chi connectivity index (χ2n) is 9.43. The van der Waals surface area contributed by atoms with Crippen molar-refractivity contribution in [3.8, 4) is 11.1 Å². The van der Waals surface area contributed by atoms with Crippen molar-refractivity contribution in [2.24, 2.45) is 0 Å². The van der Waals surface area contributed by atoms with E-state index >= 15 is 0 Å². The third-order valence-electron chi connectivity index (χ3n) is 7.18. The normalized spacial score (nSPS) is 17.8. The molecular formula is C24H29F2N9O. The van der Waals surface area contributed by atoms with Crippen molar-refractivity contribution in [2.45, 2.75) is 44.8 Å². The zero-order valence-electron chi connectivity index (χ0n) is 20.3. The summed E-state index contributed by atoms with van der Waals surface area (Å²) in [6, 6.07) is 4.67. The number of aromatic nitrogens is 6. The molecule has 12 heteroatoms. The van der Waals surface area contributed by atoms with E-state index in [2.05, 4.69) is 25.5 Å². The Labute approximate surface area is 206 Å². The maximum atomic E-state index is 13.2. The van der Waals surface area contributed by atoms with E-state index in [0.29, 0.717) is 40.8 Å². The molecule has 0 radical (unpaired) electrons. The summed E-state index contributed by atoms with van der Waals surface area (Å²) in [6.45, 7) is 5.06. The van der Waals surface area contributed by atoms with Crippen LogP contribution in [0.5, 0.6) is 0 Å². The average molecular weight is 498 g/mol. The number of halogens is 2. The molecule has 0 aromatic carbocycles. The summed E-state index contributed by atoms with van der Waals surface area (Å²) in [6.07, 6.45) is 3.17. The van der Waals surface area contributed by atoms with Gasteiger partial charge >= 0.3 is 0 Å². The van der Waals surface area contributed by atoms with Crippen molar-refractivity contribution in [1.29, 1.82) is 0 Å². The Morgan fingerprint density at radius 1 is 1.19 bits per heavy atom. The number of pyridine rings is 1. The number of imidazole rings is 1. The number of hydrogen-bond donors (Lipinski definition) is 2. The summed E-state index contributed by atoms with van der Waals surface area (Å²) in [7, 11) is 1.82. The molecule has 190 valence electrons. The van der Waals surface area contributed by atoms with E-state index in [0.717, 1.165) is 55.8 Å². The SMILES string of the molecule is CNc1nc(NC2CCN(C3COC3)CC2)nn2ccc(-c3cnc4nc(C)n(CC(F)F)c4c3)c12. The number of piperidine rings is 1. The molecule has 0 unspecified atom stereocenters. The third-order valence-corrected chi connectivity index (χ3v) is 7.18. The predicted molar refractivity (Wildman–Crippen MR) is 133 cm³/mol. The standard InChI is InChI=1S/C24H29F2N9O/c1-14-29-22-19(34(14)11-20(25)26)9-15(10-28-22)18-5-8-35-21(18)23(27-2)31-24(32-35)30-16-3-6-33(7-4-16)17-12-36-13-17/h5,8-10,16-17,20H,3-4,6-7,11-13H2,1-2H3,(H2,27,30,31,32). The third kappa shape index (κ3) is 4.13. The van der Waals surface area contributed by atoms with Gasteiger partial charge in [0.2, 0.25) is 5.95 Å². The number of ether oxygens (including phenoxy) is 1. The van der Waals surface area contributed by atoms with E-state index in [9.17, 15) is 8.78 Å². The summed E-state index contributed by atoms with van der Waals surface area (Å²) >= 11 is 0. The van der Waals surface area contributed by atoms with Crippen molar-refractivity contribution >= 4 is 28.4 Å². The number of nitrogens with zero attached hydrogens (tertiary/aromatic N) is 7. The number of likely N-dealkylation sites (tertiary alicyclic amines) is 1. The largest absolute Gasteiger partial charge is 0.378 e. The number of nitrogens with one attached hydrogen (secondary N) is 2. The van der Waals surface area contributed by atoms with E-state index in [1.54, 1.807) is 17.6 Å². The molecule has 6 rings (SSSR count). The smallest absolute Gasteiger partial charge is 0.256 e. The molecule has 0 saturated carbocycles. The van der Waals surface area contributed by atoms with E-state index in [4.69, 9.17) is 14.8 Å². The van der Waals surface area contributed by atoms with E-state index in [1.807, 2.05) is 25.4 Å². The highest BCUT2D eigenvalue weighted by molar-refractivity contribution is 5.91. The number of fused-ring (bicyclic) bond motifs is 2. The van der Waals surface area contributed by atoms with Crippen molar-refractivity contribution in [3.63, 3.8) is 0 Å². The van der Waals surface area contributed by atoms with Gasteiger partial charge in [-0.1, -0.05) is 0 Å². The molecule has 36 heavy (non-hydrogen) atoms. The maximum Gasteiger partial charge on any atom is 0.256 e. The summed E-state index contributed by atoms with van der Waals surface area (Å²) in [5.41, 5.74) is 3.47. The molecule has 6 heterocycles. The first-order valence-corrected chi connectivity index (χ1v) is 12.3. The van der Waals surface area contributed by atoms with Crippen LogP contribution in [-0.2, 0) is 11.3 Å². The Morgan fingerprint density at radius 3 is 2.69 bits per heavy atom. The molecule has 0 aliphatic carbocycles. The van der Waals surface area contributed by atoms with E-state index in [1.165, 1.54) is 4.57 Å². The molecule has 4 aromatic heterocycles. The summed E-state index contributed by atoms with van der Waals surface area (Å²) in [5, 5.41) is 11.4. The zero-order valence-corrected chi connectivity index (χ0v) is 20.3. The van der Waals surface area contributed by atoms with Gasteiger partial charge in [-0.25, -0.2) is 23.3 Å². The first-order valence-electron chi connectivity index (χ1n) is 12.3.